The first-order chi connectivity index (χ1) is 13.6. The van der Waals surface area contributed by atoms with E-state index in [9.17, 15) is 4.79 Å². The Kier molecular flexibility index (Phi) is 4.89. The van der Waals surface area contributed by atoms with Crippen LogP contribution in [0.5, 0.6) is 11.5 Å². The van der Waals surface area contributed by atoms with Crippen LogP contribution < -0.4 is 14.8 Å². The minimum absolute atomic E-state index is 0.220. The maximum absolute atomic E-state index is 12.9. The number of para-hydroxylation sites is 1. The number of carbonyl (C=O) groups excluding carboxylic acids is 1. The topological polar surface area (TPSA) is 82.8 Å². The molecule has 8 heteroatoms. The van der Waals surface area contributed by atoms with E-state index in [1.807, 2.05) is 30.3 Å². The van der Waals surface area contributed by atoms with Gasteiger partial charge in [0.25, 0.3) is 5.91 Å². The highest BCUT2D eigenvalue weighted by Crippen LogP contribution is 2.36. The fraction of sp³-hybridized carbons (Fsp3) is 0.200. The summed E-state index contributed by atoms with van der Waals surface area (Å²) in [5, 5.41) is 4.13. The van der Waals surface area contributed by atoms with Crippen LogP contribution in [0.4, 0.5) is 5.13 Å². The molecule has 4 aromatic rings. The predicted octanol–water partition coefficient (Wildman–Crippen LogP) is 4.46. The van der Waals surface area contributed by atoms with Gasteiger partial charge in [0.15, 0.2) is 22.4 Å². The van der Waals surface area contributed by atoms with Gasteiger partial charge in [0.05, 0.1) is 31.0 Å². The van der Waals surface area contributed by atoms with Gasteiger partial charge in [-0.25, -0.2) is 4.98 Å². The molecule has 1 amide bonds. The molecule has 0 bridgehead atoms. The van der Waals surface area contributed by atoms with Crippen LogP contribution >= 0.6 is 11.3 Å². The summed E-state index contributed by atoms with van der Waals surface area (Å²) in [6.45, 7) is 0.272. The molecular formula is C20H18N2O5S. The monoisotopic (exact) mass is 398 g/mol. The lowest BCUT2D eigenvalue weighted by Gasteiger charge is -2.05. The molecule has 2 heterocycles. The minimum Gasteiger partial charge on any atom is -0.493 e. The van der Waals surface area contributed by atoms with Crippen molar-refractivity contribution in [2.24, 2.45) is 0 Å². The van der Waals surface area contributed by atoms with E-state index in [0.29, 0.717) is 33.3 Å². The Morgan fingerprint density at radius 3 is 2.64 bits per heavy atom. The van der Waals surface area contributed by atoms with Crippen molar-refractivity contribution in [2.45, 2.75) is 6.61 Å². The lowest BCUT2D eigenvalue weighted by Crippen LogP contribution is -2.13. The van der Waals surface area contributed by atoms with Gasteiger partial charge in [-0.3, -0.25) is 10.1 Å². The quantitative estimate of drug-likeness (QED) is 0.516. The van der Waals surface area contributed by atoms with Crippen LogP contribution in [0.15, 0.2) is 40.8 Å². The molecule has 1 N–H and O–H groups in total. The van der Waals surface area contributed by atoms with Crippen LogP contribution in [-0.4, -0.2) is 32.2 Å². The molecule has 2 aromatic carbocycles. The smallest absolute Gasteiger partial charge is 0.293 e. The molecule has 0 unspecified atom stereocenters. The van der Waals surface area contributed by atoms with E-state index in [2.05, 4.69) is 10.3 Å². The summed E-state index contributed by atoms with van der Waals surface area (Å²) in [4.78, 5) is 17.3. The summed E-state index contributed by atoms with van der Waals surface area (Å²) in [6.07, 6.45) is 0. The fourth-order valence-electron chi connectivity index (χ4n) is 3.03. The van der Waals surface area contributed by atoms with Gasteiger partial charge in [0, 0.05) is 30.2 Å². The number of nitrogens with one attached hydrogen (secondary N) is 1. The van der Waals surface area contributed by atoms with Crippen molar-refractivity contribution < 1.29 is 23.4 Å². The van der Waals surface area contributed by atoms with Crippen molar-refractivity contribution in [3.63, 3.8) is 0 Å². The lowest BCUT2D eigenvalue weighted by atomic mass is 10.1. The van der Waals surface area contributed by atoms with Crippen molar-refractivity contribution in [1.29, 1.82) is 0 Å². The fourth-order valence-corrected chi connectivity index (χ4v) is 3.90. The summed E-state index contributed by atoms with van der Waals surface area (Å²) in [6, 6.07) is 11.1. The van der Waals surface area contributed by atoms with E-state index < -0.39 is 0 Å². The van der Waals surface area contributed by atoms with Gasteiger partial charge in [-0.1, -0.05) is 29.5 Å². The number of ether oxygens (including phenoxy) is 3. The van der Waals surface area contributed by atoms with Crippen molar-refractivity contribution >= 4 is 43.6 Å². The molecule has 0 atom stereocenters. The molecule has 0 saturated heterocycles. The molecule has 0 fully saturated rings. The Morgan fingerprint density at radius 2 is 1.89 bits per heavy atom. The van der Waals surface area contributed by atoms with Gasteiger partial charge in [0.1, 0.15) is 5.58 Å². The molecule has 28 heavy (non-hydrogen) atoms. The first-order valence-corrected chi connectivity index (χ1v) is 9.29. The molecule has 0 saturated carbocycles. The number of anilines is 1. The largest absolute Gasteiger partial charge is 0.493 e. The number of carbonyl (C=O) groups is 1. The second-order valence-electron chi connectivity index (χ2n) is 5.99. The van der Waals surface area contributed by atoms with E-state index in [4.69, 9.17) is 18.6 Å². The molecule has 0 aliphatic carbocycles. The third kappa shape index (κ3) is 3.17. The Labute approximate surface area is 164 Å². The average Bonchev–Trinajstić information content (AvgIpc) is 3.27. The highest BCUT2D eigenvalue weighted by atomic mass is 32.1. The van der Waals surface area contributed by atoms with Crippen LogP contribution in [0.1, 0.15) is 16.1 Å². The Bertz CT molecular complexity index is 1120. The van der Waals surface area contributed by atoms with Crippen LogP contribution in [0.2, 0.25) is 0 Å². The normalized spacial score (nSPS) is 11.1. The third-order valence-electron chi connectivity index (χ3n) is 4.31. The highest BCUT2D eigenvalue weighted by Gasteiger charge is 2.22. The Balaban J connectivity index is 1.68. The number of amides is 1. The maximum Gasteiger partial charge on any atom is 0.293 e. The molecule has 0 aliphatic heterocycles. The van der Waals surface area contributed by atoms with E-state index in [0.717, 1.165) is 10.1 Å². The summed E-state index contributed by atoms with van der Waals surface area (Å²) in [5.41, 5.74) is 2.05. The van der Waals surface area contributed by atoms with Crippen LogP contribution in [0.3, 0.4) is 0 Å². The highest BCUT2D eigenvalue weighted by molar-refractivity contribution is 7.22. The van der Waals surface area contributed by atoms with Crippen LogP contribution in [0.25, 0.3) is 21.2 Å². The van der Waals surface area contributed by atoms with Gasteiger partial charge >= 0.3 is 0 Å². The average molecular weight is 398 g/mol. The number of nitrogens with zero attached hydrogens (tertiary/aromatic N) is 1. The summed E-state index contributed by atoms with van der Waals surface area (Å²) in [7, 11) is 4.72. The van der Waals surface area contributed by atoms with Gasteiger partial charge in [-0.2, -0.15) is 0 Å². The zero-order valence-corrected chi connectivity index (χ0v) is 16.4. The van der Waals surface area contributed by atoms with Crippen molar-refractivity contribution in [2.75, 3.05) is 26.6 Å². The molecule has 7 nitrogen and oxygen atoms in total. The number of thiazole rings is 1. The van der Waals surface area contributed by atoms with E-state index in [1.54, 1.807) is 27.4 Å². The summed E-state index contributed by atoms with van der Waals surface area (Å²) < 4.78 is 22.5. The number of fused-ring (bicyclic) bond motifs is 2. The van der Waals surface area contributed by atoms with Crippen LogP contribution in [0, 0.1) is 0 Å². The molecule has 4 rings (SSSR count). The standard InChI is InChI=1S/C20H18N2O5S/c1-24-10-12-11-6-4-5-7-14(11)27-18(12)19(23)22-20-21-13-8-15(25-2)16(26-3)9-17(13)28-20/h4-9H,10H2,1-3H3,(H,21,22,23). The summed E-state index contributed by atoms with van der Waals surface area (Å²) in [5.74, 6) is 1.03. The molecule has 144 valence electrons. The predicted molar refractivity (Wildman–Crippen MR) is 108 cm³/mol. The van der Waals surface area contributed by atoms with Gasteiger partial charge in [-0.15, -0.1) is 0 Å². The Hall–Kier alpha value is -3.10. The number of rotatable bonds is 6. The minimum atomic E-state index is -0.374. The van der Waals surface area contributed by atoms with E-state index >= 15 is 0 Å². The summed E-state index contributed by atoms with van der Waals surface area (Å²) >= 11 is 1.34. The number of furan rings is 1. The molecule has 0 spiro atoms. The van der Waals surface area contributed by atoms with Crippen molar-refractivity contribution in [3.05, 3.63) is 47.7 Å². The second kappa shape index (κ2) is 7.49. The zero-order valence-electron chi connectivity index (χ0n) is 15.6. The third-order valence-corrected chi connectivity index (χ3v) is 5.24. The van der Waals surface area contributed by atoms with E-state index in [-0.39, 0.29) is 18.3 Å². The molecule has 0 aliphatic rings. The van der Waals surface area contributed by atoms with E-state index in [1.165, 1.54) is 11.3 Å². The number of hydrogen-bond donors (Lipinski definition) is 1. The van der Waals surface area contributed by atoms with Gasteiger partial charge in [0.2, 0.25) is 0 Å². The first kappa shape index (κ1) is 18.3. The molecule has 0 radical (unpaired) electrons. The number of hydrogen-bond acceptors (Lipinski definition) is 7. The van der Waals surface area contributed by atoms with Gasteiger partial charge < -0.3 is 18.6 Å². The number of benzene rings is 2. The van der Waals surface area contributed by atoms with Crippen LogP contribution in [-0.2, 0) is 11.3 Å². The lowest BCUT2D eigenvalue weighted by molar-refractivity contribution is 0.0992. The number of aromatic nitrogens is 1. The van der Waals surface area contributed by atoms with Crippen molar-refractivity contribution in [1.82, 2.24) is 4.98 Å². The van der Waals surface area contributed by atoms with Gasteiger partial charge in [-0.05, 0) is 6.07 Å². The Morgan fingerprint density at radius 1 is 1.14 bits per heavy atom. The zero-order chi connectivity index (χ0) is 19.7. The molecular weight excluding hydrogens is 380 g/mol. The number of methoxy groups -OCH3 is 3. The SMILES string of the molecule is COCc1c(C(=O)Nc2nc3cc(OC)c(OC)cc3s2)oc2ccccc12. The second-order valence-corrected chi connectivity index (χ2v) is 7.02. The van der Waals surface area contributed by atoms with Crippen molar-refractivity contribution in [3.8, 4) is 11.5 Å². The maximum atomic E-state index is 12.9. The first-order valence-electron chi connectivity index (χ1n) is 8.48. The molecule has 2 aromatic heterocycles.